The summed E-state index contributed by atoms with van der Waals surface area (Å²) in [6, 6.07) is 7.55. The first-order valence-electron chi connectivity index (χ1n) is 21.3. The van der Waals surface area contributed by atoms with Gasteiger partial charge in [0.1, 0.15) is 17.1 Å². The van der Waals surface area contributed by atoms with Crippen LogP contribution in [0.5, 0.6) is 0 Å². The molecule has 5 aliphatic rings. The second-order valence-electron chi connectivity index (χ2n) is 17.1. The summed E-state index contributed by atoms with van der Waals surface area (Å²) >= 11 is 0. The zero-order valence-electron chi connectivity index (χ0n) is 33.5. The van der Waals surface area contributed by atoms with Crippen LogP contribution in [0.25, 0.3) is 16.6 Å². The van der Waals surface area contributed by atoms with Crippen molar-refractivity contribution in [1.82, 2.24) is 45.1 Å². The van der Waals surface area contributed by atoms with E-state index in [0.717, 1.165) is 76.9 Å². The van der Waals surface area contributed by atoms with Crippen molar-refractivity contribution in [3.05, 3.63) is 65.4 Å². The third-order valence-electron chi connectivity index (χ3n) is 13.2. The van der Waals surface area contributed by atoms with Crippen LogP contribution in [0.1, 0.15) is 103 Å². The van der Waals surface area contributed by atoms with Crippen molar-refractivity contribution in [2.75, 3.05) is 43.0 Å². The molecule has 4 amide bonds. The Morgan fingerprint density at radius 1 is 1.02 bits per heavy atom. The predicted octanol–water partition coefficient (Wildman–Crippen LogP) is 4.31. The number of imide groups is 1. The van der Waals surface area contributed by atoms with Crippen molar-refractivity contribution in [1.29, 1.82) is 0 Å². The summed E-state index contributed by atoms with van der Waals surface area (Å²) in [5.41, 5.74) is 1.69. The third-order valence-corrected chi connectivity index (χ3v) is 13.2. The van der Waals surface area contributed by atoms with E-state index in [2.05, 4.69) is 41.1 Å². The van der Waals surface area contributed by atoms with E-state index in [4.69, 9.17) is 14.2 Å². The summed E-state index contributed by atoms with van der Waals surface area (Å²) in [6.07, 6.45) is 8.70. The highest BCUT2D eigenvalue weighted by Gasteiger charge is 2.40. The van der Waals surface area contributed by atoms with Gasteiger partial charge in [0.05, 0.1) is 49.0 Å². The molecule has 320 valence electrons. The number of benzene rings is 1. The van der Waals surface area contributed by atoms with Gasteiger partial charge in [-0.2, -0.15) is 10.2 Å². The molecule has 5 fully saturated rings. The average molecular weight is 840 g/mol. The Labute approximate surface area is 348 Å². The predicted molar refractivity (Wildman–Crippen MR) is 215 cm³/mol. The number of carbonyl (C=O) groups is 4. The van der Waals surface area contributed by atoms with E-state index in [1.807, 2.05) is 24.3 Å². The first-order valence-corrected chi connectivity index (χ1v) is 21.3. The summed E-state index contributed by atoms with van der Waals surface area (Å²) < 4.78 is 43.0. The number of carbonyl (C=O) groups excluding carboxylic acids is 4. The highest BCUT2D eigenvalue weighted by molar-refractivity contribution is 6.08. The summed E-state index contributed by atoms with van der Waals surface area (Å²) in [5.74, 6) is -0.773. The highest BCUT2D eigenvalue weighted by atomic mass is 19.3. The van der Waals surface area contributed by atoms with E-state index in [-0.39, 0.29) is 66.0 Å². The number of amides is 4. The van der Waals surface area contributed by atoms with Gasteiger partial charge < -0.3 is 29.7 Å². The van der Waals surface area contributed by atoms with E-state index in [1.165, 1.54) is 16.9 Å². The monoisotopic (exact) mass is 839 g/mol. The van der Waals surface area contributed by atoms with E-state index in [1.54, 1.807) is 10.9 Å². The number of ether oxygens (including phenoxy) is 1. The van der Waals surface area contributed by atoms with Crippen LogP contribution >= 0.6 is 0 Å². The maximum absolute atomic E-state index is 14.3. The molecule has 3 atom stereocenters. The van der Waals surface area contributed by atoms with Gasteiger partial charge in [-0.3, -0.25) is 29.2 Å². The number of alkyl halides is 2. The Morgan fingerprint density at radius 3 is 2.61 bits per heavy atom. The number of halogens is 2. The molecule has 10 rings (SSSR count). The molecule has 61 heavy (non-hydrogen) atoms. The van der Waals surface area contributed by atoms with Crippen molar-refractivity contribution >= 4 is 51.8 Å². The van der Waals surface area contributed by atoms with Crippen molar-refractivity contribution in [2.24, 2.45) is 5.92 Å². The minimum atomic E-state index is -2.87. The fraction of sp³-hybridized carbons (Fsp3) is 0.524. The molecular formula is C42H47F2N11O6. The van der Waals surface area contributed by atoms with E-state index in [0.29, 0.717) is 46.8 Å². The topological polar surface area (TPSA) is 194 Å². The Bertz CT molecular complexity index is 2490. The fourth-order valence-electron chi connectivity index (χ4n) is 9.95. The maximum atomic E-state index is 14.3. The van der Waals surface area contributed by atoms with Gasteiger partial charge in [-0.25, -0.2) is 18.3 Å². The van der Waals surface area contributed by atoms with Gasteiger partial charge in [-0.1, -0.05) is 17.3 Å². The molecule has 3 unspecified atom stereocenters. The molecule has 0 spiro atoms. The minimum Gasteiger partial charge on any atom is -0.374 e. The summed E-state index contributed by atoms with van der Waals surface area (Å²) in [6.45, 7) is 4.02. The van der Waals surface area contributed by atoms with Crippen LogP contribution in [0.3, 0.4) is 0 Å². The molecule has 2 bridgehead atoms. The number of fused-ring (bicyclic) bond motifs is 4. The van der Waals surface area contributed by atoms with Crippen LogP contribution in [0.4, 0.5) is 20.3 Å². The van der Waals surface area contributed by atoms with Gasteiger partial charge in [-0.15, -0.1) is 0 Å². The van der Waals surface area contributed by atoms with E-state index < -0.39 is 23.9 Å². The van der Waals surface area contributed by atoms with Gasteiger partial charge in [0.2, 0.25) is 17.7 Å². The van der Waals surface area contributed by atoms with E-state index >= 15 is 0 Å². The lowest BCUT2D eigenvalue weighted by molar-refractivity contribution is -0.134. The molecule has 1 aliphatic carbocycles. The van der Waals surface area contributed by atoms with Crippen LogP contribution in [-0.4, -0.2) is 109 Å². The molecule has 0 radical (unpaired) electrons. The summed E-state index contributed by atoms with van der Waals surface area (Å²) in [7, 11) is 0. The molecule has 4 aliphatic heterocycles. The smallest absolute Gasteiger partial charge is 0.284 e. The van der Waals surface area contributed by atoms with Crippen LogP contribution in [0.2, 0.25) is 0 Å². The minimum absolute atomic E-state index is 0.0180. The number of nitrogens with zero attached hydrogens (tertiary/aromatic N) is 8. The van der Waals surface area contributed by atoms with Gasteiger partial charge >= 0.3 is 0 Å². The molecule has 4 saturated heterocycles. The third kappa shape index (κ3) is 7.84. The fourth-order valence-corrected chi connectivity index (χ4v) is 9.95. The highest BCUT2D eigenvalue weighted by Crippen LogP contribution is 2.37. The Morgan fingerprint density at radius 2 is 1.85 bits per heavy atom. The van der Waals surface area contributed by atoms with Crippen molar-refractivity contribution in [2.45, 2.75) is 101 Å². The molecule has 17 nitrogen and oxygen atoms in total. The number of hydrogen-bond donors (Lipinski definition) is 3. The lowest BCUT2D eigenvalue weighted by Crippen LogP contribution is -2.46. The number of likely N-dealkylation sites (tertiary alicyclic amines) is 1. The number of piperidine rings is 2. The zero-order chi connectivity index (χ0) is 41.8. The largest absolute Gasteiger partial charge is 0.374 e. The molecular weight excluding hydrogens is 793 g/mol. The van der Waals surface area contributed by atoms with Crippen LogP contribution in [-0.2, 0) is 25.5 Å². The van der Waals surface area contributed by atoms with Gasteiger partial charge in [0.15, 0.2) is 16.9 Å². The zero-order valence-corrected chi connectivity index (χ0v) is 33.5. The first kappa shape index (κ1) is 39.3. The van der Waals surface area contributed by atoms with Crippen molar-refractivity contribution < 1.29 is 37.2 Å². The molecule has 19 heteroatoms. The molecule has 1 saturated carbocycles. The Hall–Kier alpha value is -5.82. The maximum Gasteiger partial charge on any atom is 0.284 e. The summed E-state index contributed by atoms with van der Waals surface area (Å²) in [4.78, 5) is 60.2. The Kier molecular flexibility index (Phi) is 10.5. The standard InChI is InChI=1S/C42H47F2N11O6/c43-39(44)37-32(47-42(59)31-18-45-54-15-12-33(48-40(31)54)53-20-28-17-27(53)22-60-28)21-55(50-37)26-6-4-23(5-7-26)19-52-13-10-25(11-14-52)46-35(57)16-24-2-1-3-29-36(51-61-38(24)29)30-8-9-34(56)49-41(30)58/h1-3,12,15,18,21,23,25-28,30,39H,4-11,13-14,16-17,19-20,22H2,(H,46,57)(H,47,59)(H,49,56,58). The normalized spacial score (nSPS) is 24.9. The molecule has 8 heterocycles. The SMILES string of the molecule is O=C1CCC(c2noc3c(CC(=O)NC4CCN(CC5CCC(n6cc(NC(=O)c7cnn8ccc(N9CC%10CC9CO%10)nc78)c(C(F)F)n6)CC5)CC4)cccc23)C(=O)N1. The van der Waals surface area contributed by atoms with E-state index in [9.17, 15) is 28.0 Å². The van der Waals surface area contributed by atoms with Gasteiger partial charge in [-0.05, 0) is 69.4 Å². The number of rotatable bonds is 11. The number of nitrogens with one attached hydrogen (secondary N) is 3. The average Bonchev–Trinajstić information content (AvgIpc) is 4.11. The van der Waals surface area contributed by atoms with Crippen LogP contribution in [0.15, 0.2) is 47.4 Å². The lowest BCUT2D eigenvalue weighted by atomic mass is 9.85. The number of aromatic nitrogens is 6. The summed E-state index contributed by atoms with van der Waals surface area (Å²) in [5, 5.41) is 21.6. The molecule has 1 aromatic carbocycles. The van der Waals surface area contributed by atoms with Crippen LogP contribution in [0, 0.1) is 5.92 Å². The quantitative estimate of drug-likeness (QED) is 0.160. The van der Waals surface area contributed by atoms with Crippen molar-refractivity contribution in [3.8, 4) is 0 Å². The van der Waals surface area contributed by atoms with Crippen LogP contribution < -0.4 is 20.9 Å². The van der Waals surface area contributed by atoms with Gasteiger partial charge in [0.25, 0.3) is 12.3 Å². The molecule has 4 aromatic heterocycles. The van der Waals surface area contributed by atoms with Crippen molar-refractivity contribution in [3.63, 3.8) is 0 Å². The second kappa shape index (κ2) is 16.2. The van der Waals surface area contributed by atoms with Gasteiger partial charge in [0, 0.05) is 62.0 Å². The molecule has 3 N–H and O–H groups in total. The first-order chi connectivity index (χ1) is 29.6. The Balaban J connectivity index is 0.699. The number of morpholine rings is 1. The lowest BCUT2D eigenvalue weighted by Gasteiger charge is -2.36. The number of hydrogen-bond acceptors (Lipinski definition) is 12. The number of anilines is 2. The second-order valence-corrected chi connectivity index (χ2v) is 17.1. The number of para-hydroxylation sites is 1. The molecule has 5 aromatic rings.